The third-order valence-electron chi connectivity index (χ3n) is 5.87. The SMILES string of the molecule is C.COC(=O)C[C@H]1C[C@@H](CCl)OC(C)(C)O1.COC(=O)C[C@H]1C[C@@H](CSc2nnnn2C)OC(C)(C)O1.Cn1[nH]nnc1=S.[3H]C[3H].[B]. The predicted octanol–water partition coefficient (Wildman–Crippen LogP) is 3.24. The molecule has 0 unspecified atom stereocenters. The van der Waals surface area contributed by atoms with E-state index in [-0.39, 0.29) is 72.4 Å². The molecule has 0 aromatic carbocycles. The number of carbonyl (C=O) groups excluding carboxylic acids is 2. The number of aromatic nitrogens is 8. The molecule has 4 rings (SSSR count). The van der Waals surface area contributed by atoms with Crippen molar-refractivity contribution in [1.82, 2.24) is 40.4 Å². The summed E-state index contributed by atoms with van der Waals surface area (Å²) < 4.78 is 47.5. The number of halogens is 1. The number of carbonyl (C=O) groups is 2. The van der Waals surface area contributed by atoms with Crippen molar-refractivity contribution >= 4 is 55.9 Å². The second-order valence-electron chi connectivity index (χ2n) is 10.5. The number of aromatic amines is 1. The Labute approximate surface area is 290 Å². The lowest BCUT2D eigenvalue weighted by Gasteiger charge is -2.40. The fourth-order valence-electron chi connectivity index (χ4n) is 4.18. The molecule has 2 fully saturated rings. The summed E-state index contributed by atoms with van der Waals surface area (Å²) in [4.78, 5) is 22.5. The molecule has 4 heterocycles. The van der Waals surface area contributed by atoms with Crippen molar-refractivity contribution in [2.24, 2.45) is 14.1 Å². The van der Waals surface area contributed by atoms with Gasteiger partial charge in [0, 0.05) is 49.7 Å². The molecule has 2 aromatic heterocycles. The van der Waals surface area contributed by atoms with E-state index in [0.29, 0.717) is 29.2 Å². The minimum absolute atomic E-state index is 0. The Bertz CT molecular complexity index is 1250. The Morgan fingerprint density at radius 1 is 1.00 bits per heavy atom. The van der Waals surface area contributed by atoms with E-state index in [1.807, 2.05) is 27.7 Å². The van der Waals surface area contributed by atoms with E-state index in [4.69, 9.17) is 38.0 Å². The van der Waals surface area contributed by atoms with Crippen molar-refractivity contribution in [1.29, 1.82) is 0 Å². The summed E-state index contributed by atoms with van der Waals surface area (Å²) in [6.07, 6.45) is 1.26. The van der Waals surface area contributed by atoms with E-state index in [2.05, 4.69) is 48.0 Å². The Balaban J connectivity index is 0. The fraction of sp³-hybridized carbons (Fsp3) is 0.846. The first kappa shape index (κ1) is 41.9. The maximum Gasteiger partial charge on any atom is 0.308 e. The van der Waals surface area contributed by atoms with Crippen LogP contribution in [-0.2, 0) is 52.1 Å². The molecular weight excluding hydrogens is 663 g/mol. The second-order valence-corrected chi connectivity index (χ2v) is 12.1. The number of hydrogen-bond acceptors (Lipinski definition) is 15. The van der Waals surface area contributed by atoms with Crippen LogP contribution in [0.15, 0.2) is 5.16 Å². The first-order chi connectivity index (χ1) is 21.6. The molecule has 2 aromatic rings. The van der Waals surface area contributed by atoms with Gasteiger partial charge in [-0.05, 0) is 50.3 Å². The third kappa shape index (κ3) is 16.6. The van der Waals surface area contributed by atoms with Crippen LogP contribution in [0.5, 0.6) is 0 Å². The number of H-pyrrole nitrogens is 1. The molecule has 16 nitrogen and oxygen atoms in total. The van der Waals surface area contributed by atoms with E-state index in [1.54, 1.807) is 23.5 Å². The largest absolute Gasteiger partial charge is 0.469 e. The van der Waals surface area contributed by atoms with Gasteiger partial charge in [-0.2, -0.15) is 5.21 Å². The predicted molar refractivity (Wildman–Crippen MR) is 176 cm³/mol. The van der Waals surface area contributed by atoms with E-state index in [9.17, 15) is 9.59 Å². The summed E-state index contributed by atoms with van der Waals surface area (Å²) in [5, 5.41) is 21.4. The van der Waals surface area contributed by atoms with Crippen molar-refractivity contribution < 1.29 is 40.8 Å². The van der Waals surface area contributed by atoms with Gasteiger partial charge in [-0.15, -0.1) is 16.7 Å². The summed E-state index contributed by atoms with van der Waals surface area (Å²) in [6.45, 7) is 7.32. The van der Waals surface area contributed by atoms with Gasteiger partial charge in [0.05, 0.1) is 51.5 Å². The lowest BCUT2D eigenvalue weighted by Crippen LogP contribution is -2.46. The molecule has 0 spiro atoms. The topological polar surface area (TPSA) is 180 Å². The Hall–Kier alpha value is -2.16. The summed E-state index contributed by atoms with van der Waals surface area (Å²) in [5.41, 5.74) is 0. The van der Waals surface area contributed by atoms with Gasteiger partial charge >= 0.3 is 11.9 Å². The summed E-state index contributed by atoms with van der Waals surface area (Å²) in [7, 11) is 6.03. The normalized spacial score (nSPS) is 22.9. The monoisotopic (exact) mass is 715 g/mol. The van der Waals surface area contributed by atoms with Crippen LogP contribution in [0.25, 0.3) is 0 Å². The number of rotatable bonds is 8. The van der Waals surface area contributed by atoms with Crippen LogP contribution < -0.4 is 0 Å². The van der Waals surface area contributed by atoms with E-state index < -0.39 is 11.6 Å². The highest BCUT2D eigenvalue weighted by atomic mass is 35.5. The molecule has 2 aliphatic heterocycles. The lowest BCUT2D eigenvalue weighted by molar-refractivity contribution is -0.296. The van der Waals surface area contributed by atoms with Gasteiger partial charge in [0.2, 0.25) is 9.93 Å². The number of thioether (sulfide) groups is 1. The number of hydrogen-bond donors (Lipinski definition) is 1. The van der Waals surface area contributed by atoms with Crippen LogP contribution in [0.1, 0.15) is 70.9 Å². The molecular formula is C26H49BClN8O8S2. The van der Waals surface area contributed by atoms with Crippen molar-refractivity contribution in [3.8, 4) is 0 Å². The molecule has 0 saturated carbocycles. The maximum atomic E-state index is 11.4. The van der Waals surface area contributed by atoms with Crippen molar-refractivity contribution in [3.63, 3.8) is 0 Å². The number of ether oxygens (including phenoxy) is 6. The van der Waals surface area contributed by atoms with Crippen LogP contribution in [0.4, 0.5) is 0 Å². The highest BCUT2D eigenvalue weighted by Crippen LogP contribution is 2.31. The van der Waals surface area contributed by atoms with Gasteiger partial charge in [0.15, 0.2) is 11.6 Å². The molecule has 2 saturated heterocycles. The maximum absolute atomic E-state index is 11.4. The average Bonchev–Trinajstić information content (AvgIpc) is 3.56. The molecule has 4 atom stereocenters. The summed E-state index contributed by atoms with van der Waals surface area (Å²) >= 11 is 11.9. The van der Waals surface area contributed by atoms with E-state index in [0.717, 1.165) is 5.16 Å². The van der Waals surface area contributed by atoms with E-state index >= 15 is 0 Å². The van der Waals surface area contributed by atoms with E-state index in [1.165, 1.54) is 26.0 Å². The smallest absolute Gasteiger partial charge is 0.308 e. The van der Waals surface area contributed by atoms with Gasteiger partial charge in [0.1, 0.15) is 0 Å². The summed E-state index contributed by atoms with van der Waals surface area (Å²) in [5.74, 6) is -0.854. The van der Waals surface area contributed by atoms with Crippen LogP contribution in [-0.4, -0.2) is 123 Å². The molecule has 0 amide bonds. The highest BCUT2D eigenvalue weighted by molar-refractivity contribution is 7.99. The number of nitrogens with one attached hydrogen (secondary N) is 1. The molecule has 1 N–H and O–H groups in total. The van der Waals surface area contributed by atoms with Gasteiger partial charge in [-0.1, -0.05) is 36.9 Å². The van der Waals surface area contributed by atoms with Crippen molar-refractivity contribution in [2.75, 3.05) is 25.9 Å². The fourth-order valence-corrected chi connectivity index (χ4v) is 5.31. The van der Waals surface area contributed by atoms with Gasteiger partial charge in [-0.3, -0.25) is 9.59 Å². The average molecular weight is 716 g/mol. The van der Waals surface area contributed by atoms with Gasteiger partial charge < -0.3 is 28.4 Å². The van der Waals surface area contributed by atoms with Crippen LogP contribution in [0.2, 0.25) is 0 Å². The van der Waals surface area contributed by atoms with Crippen LogP contribution in [0, 0.1) is 4.77 Å². The van der Waals surface area contributed by atoms with Crippen molar-refractivity contribution in [2.45, 2.75) is 109 Å². The molecule has 46 heavy (non-hydrogen) atoms. The third-order valence-corrected chi connectivity index (χ3v) is 7.71. The molecule has 3 radical (unpaired) electrons. The first-order valence-corrected chi connectivity index (χ1v) is 15.3. The lowest BCUT2D eigenvalue weighted by atomic mass is 10.1. The summed E-state index contributed by atoms with van der Waals surface area (Å²) in [6, 6.07) is 0. The Morgan fingerprint density at radius 2 is 1.48 bits per heavy atom. The number of alkyl halides is 1. The second kappa shape index (κ2) is 21.7. The molecule has 0 bridgehead atoms. The van der Waals surface area contributed by atoms with Crippen molar-refractivity contribution in [3.05, 3.63) is 4.77 Å². The minimum atomic E-state index is -0.722. The van der Waals surface area contributed by atoms with Gasteiger partial charge in [0.25, 0.3) is 0 Å². The van der Waals surface area contributed by atoms with Crippen LogP contribution in [0.3, 0.4) is 0 Å². The Kier molecular flexibility index (Phi) is 19.7. The minimum Gasteiger partial charge on any atom is -0.469 e. The number of aryl methyl sites for hydroxylation is 2. The molecule has 0 aliphatic carbocycles. The zero-order chi connectivity index (χ0) is 34.9. The standard InChI is InChI=1S/C12H20N4O4S.C10H17ClO4.C2H4N4S.2CH4.B/c1-12(2)19-8(6-10(17)18-4)5-9(20-12)7-21-11-13-14-15-16(11)3;1-10(2)14-7(5-9(12)13-3)4-8(6-11)15-10;1-6-2(7)3-4-5-6;;;/h8-9H,5-7H2,1-4H3;7-8H,4-6H2,1-3H3;1H3,(H,3,5,7);2*1H4;/t8-,9+;7-,8+;;;;/m11..../s1/i;;;1T2;;. The number of tetrazole rings is 2. The zero-order valence-electron chi connectivity index (χ0n) is 28.9. The first-order valence-electron chi connectivity index (χ1n) is 14.8. The van der Waals surface area contributed by atoms with Gasteiger partial charge in [-0.25, -0.2) is 9.36 Å². The Morgan fingerprint density at radius 3 is 1.85 bits per heavy atom. The molecule has 20 heteroatoms. The molecule has 263 valence electrons. The van der Waals surface area contributed by atoms with Crippen LogP contribution >= 0.6 is 35.6 Å². The highest BCUT2D eigenvalue weighted by Gasteiger charge is 2.37. The number of methoxy groups -OCH3 is 2. The molecule has 2 aliphatic rings. The quantitative estimate of drug-likeness (QED) is 0.138. The number of nitrogens with zero attached hydrogens (tertiary/aromatic N) is 7. The zero-order valence-corrected chi connectivity index (χ0v) is 29.3. The number of esters is 2.